The highest BCUT2D eigenvalue weighted by atomic mass is 32.1. The summed E-state index contributed by atoms with van der Waals surface area (Å²) >= 11 is 5.18. The molecule has 23 heavy (non-hydrogen) atoms. The summed E-state index contributed by atoms with van der Waals surface area (Å²) in [6.45, 7) is 2.07. The van der Waals surface area contributed by atoms with Gasteiger partial charge in [-0.3, -0.25) is 0 Å². The summed E-state index contributed by atoms with van der Waals surface area (Å²) in [5, 5.41) is 6.65. The first-order valence-corrected chi connectivity index (χ1v) is 7.86. The van der Waals surface area contributed by atoms with Gasteiger partial charge in [0.15, 0.2) is 5.11 Å². The van der Waals surface area contributed by atoms with Crippen molar-refractivity contribution in [1.29, 1.82) is 0 Å². The van der Waals surface area contributed by atoms with Gasteiger partial charge in [-0.2, -0.15) is 5.10 Å². The second-order valence-corrected chi connectivity index (χ2v) is 6.01. The van der Waals surface area contributed by atoms with Crippen LogP contribution in [0.25, 0.3) is 0 Å². The number of methoxy groups -OCH3 is 1. The monoisotopic (exact) mass is 325 g/mol. The van der Waals surface area contributed by atoms with E-state index in [0.29, 0.717) is 0 Å². The van der Waals surface area contributed by atoms with E-state index in [9.17, 15) is 0 Å². The highest BCUT2D eigenvalue weighted by Gasteiger charge is 2.30. The molecule has 0 radical (unpaired) electrons. The average molecular weight is 325 g/mol. The maximum atomic E-state index is 5.87. The predicted molar refractivity (Wildman–Crippen MR) is 96.7 cm³/mol. The van der Waals surface area contributed by atoms with E-state index in [2.05, 4.69) is 36.3 Å². The Bertz CT molecular complexity index is 738. The molecule has 0 amide bonds. The van der Waals surface area contributed by atoms with Crippen LogP contribution in [0.1, 0.15) is 29.2 Å². The molecule has 1 atom stereocenters. The Balaban J connectivity index is 1.90. The summed E-state index contributed by atoms with van der Waals surface area (Å²) in [5.41, 5.74) is 10.3. The van der Waals surface area contributed by atoms with Crippen LogP contribution in [0.3, 0.4) is 0 Å². The molecule has 5 heteroatoms. The minimum Gasteiger partial charge on any atom is -0.497 e. The van der Waals surface area contributed by atoms with Gasteiger partial charge in [-0.25, -0.2) is 5.01 Å². The van der Waals surface area contributed by atoms with Crippen molar-refractivity contribution in [3.05, 3.63) is 65.2 Å². The number of nitrogens with zero attached hydrogens (tertiary/aromatic N) is 2. The summed E-state index contributed by atoms with van der Waals surface area (Å²) < 4.78 is 5.22. The molecule has 0 aromatic heterocycles. The van der Waals surface area contributed by atoms with Gasteiger partial charge in [0.05, 0.1) is 18.9 Å². The fraction of sp³-hybridized carbons (Fsp3) is 0.222. The van der Waals surface area contributed by atoms with Gasteiger partial charge in [-0.1, -0.05) is 42.0 Å². The van der Waals surface area contributed by atoms with E-state index in [0.717, 1.165) is 29.0 Å². The van der Waals surface area contributed by atoms with Crippen LogP contribution >= 0.6 is 12.2 Å². The topological polar surface area (TPSA) is 50.8 Å². The van der Waals surface area contributed by atoms with Crippen LogP contribution in [0.2, 0.25) is 0 Å². The first kappa shape index (κ1) is 15.5. The molecule has 3 rings (SSSR count). The van der Waals surface area contributed by atoms with Gasteiger partial charge in [-0.05, 0) is 42.4 Å². The molecule has 0 bridgehead atoms. The van der Waals surface area contributed by atoms with Crippen molar-refractivity contribution in [2.75, 3.05) is 7.11 Å². The van der Waals surface area contributed by atoms with Crippen LogP contribution in [0, 0.1) is 6.92 Å². The second-order valence-electron chi connectivity index (χ2n) is 5.59. The number of benzene rings is 2. The third-order valence-corrected chi connectivity index (χ3v) is 4.21. The van der Waals surface area contributed by atoms with E-state index in [4.69, 9.17) is 22.7 Å². The summed E-state index contributed by atoms with van der Waals surface area (Å²) in [6, 6.07) is 16.3. The Hall–Kier alpha value is -2.40. The smallest absolute Gasteiger partial charge is 0.187 e. The van der Waals surface area contributed by atoms with Gasteiger partial charge in [0.25, 0.3) is 0 Å². The molecule has 118 valence electrons. The van der Waals surface area contributed by atoms with Crippen molar-refractivity contribution in [3.8, 4) is 5.75 Å². The lowest BCUT2D eigenvalue weighted by atomic mass is 9.98. The summed E-state index contributed by atoms with van der Waals surface area (Å²) in [5.74, 6) is 0.827. The average Bonchev–Trinajstić information content (AvgIpc) is 3.01. The van der Waals surface area contributed by atoms with Crippen LogP contribution in [-0.2, 0) is 0 Å². The first-order chi connectivity index (χ1) is 11.1. The molecule has 2 aromatic rings. The van der Waals surface area contributed by atoms with Gasteiger partial charge in [0.2, 0.25) is 0 Å². The fourth-order valence-corrected chi connectivity index (χ4v) is 2.89. The van der Waals surface area contributed by atoms with Gasteiger partial charge < -0.3 is 10.5 Å². The van der Waals surface area contributed by atoms with Crippen LogP contribution in [0.4, 0.5) is 0 Å². The third-order valence-electron chi connectivity index (χ3n) is 4.02. The minimum atomic E-state index is 0.0229. The molecule has 1 aliphatic rings. The fourth-order valence-electron chi connectivity index (χ4n) is 2.72. The number of rotatable bonds is 3. The lowest BCUT2D eigenvalue weighted by Gasteiger charge is -2.22. The number of ether oxygens (including phenoxy) is 1. The number of aryl methyl sites for hydroxylation is 1. The van der Waals surface area contributed by atoms with Crippen molar-refractivity contribution in [1.82, 2.24) is 5.01 Å². The van der Waals surface area contributed by atoms with Crippen LogP contribution in [-0.4, -0.2) is 22.9 Å². The SMILES string of the molecule is COc1ccc([C@@H]2CC(c3ccc(C)cc3)=NN2C(N)=S)cc1. The van der Waals surface area contributed by atoms with Crippen molar-refractivity contribution in [2.24, 2.45) is 10.8 Å². The van der Waals surface area contributed by atoms with Crippen LogP contribution in [0.5, 0.6) is 5.75 Å². The molecule has 4 nitrogen and oxygen atoms in total. The number of hydrogen-bond donors (Lipinski definition) is 1. The largest absolute Gasteiger partial charge is 0.497 e. The molecular weight excluding hydrogens is 306 g/mol. The molecule has 0 unspecified atom stereocenters. The highest BCUT2D eigenvalue weighted by molar-refractivity contribution is 7.80. The van der Waals surface area contributed by atoms with Gasteiger partial charge in [0, 0.05) is 6.42 Å². The molecule has 0 aliphatic carbocycles. The number of thiocarbonyl (C=S) groups is 1. The lowest BCUT2D eigenvalue weighted by Crippen LogP contribution is -2.31. The predicted octanol–water partition coefficient (Wildman–Crippen LogP) is 3.40. The third kappa shape index (κ3) is 3.19. The summed E-state index contributed by atoms with van der Waals surface area (Å²) in [6.07, 6.45) is 0.771. The van der Waals surface area contributed by atoms with E-state index >= 15 is 0 Å². The molecule has 2 N–H and O–H groups in total. The number of hydrazone groups is 1. The molecule has 1 heterocycles. The minimum absolute atomic E-state index is 0.0229. The Morgan fingerprint density at radius 3 is 2.39 bits per heavy atom. The van der Waals surface area contributed by atoms with Crippen LogP contribution in [0.15, 0.2) is 53.6 Å². The molecule has 0 fully saturated rings. The maximum absolute atomic E-state index is 5.87. The quantitative estimate of drug-likeness (QED) is 0.879. The molecule has 1 aliphatic heterocycles. The Kier molecular flexibility index (Phi) is 4.30. The van der Waals surface area contributed by atoms with E-state index in [1.54, 1.807) is 12.1 Å². The molecule has 0 spiro atoms. The molecule has 0 saturated carbocycles. The lowest BCUT2D eigenvalue weighted by molar-refractivity contribution is 0.371. The van der Waals surface area contributed by atoms with Gasteiger partial charge in [0.1, 0.15) is 5.75 Å². The van der Waals surface area contributed by atoms with Crippen molar-refractivity contribution < 1.29 is 4.74 Å². The van der Waals surface area contributed by atoms with E-state index in [1.165, 1.54) is 5.56 Å². The number of hydrogen-bond acceptors (Lipinski definition) is 3. The molecule has 0 saturated heterocycles. The van der Waals surface area contributed by atoms with Crippen molar-refractivity contribution in [2.45, 2.75) is 19.4 Å². The summed E-state index contributed by atoms with van der Waals surface area (Å²) in [4.78, 5) is 0. The first-order valence-electron chi connectivity index (χ1n) is 7.45. The van der Waals surface area contributed by atoms with Crippen molar-refractivity contribution >= 4 is 23.0 Å². The normalized spacial score (nSPS) is 17.0. The maximum Gasteiger partial charge on any atom is 0.187 e. The zero-order valence-corrected chi connectivity index (χ0v) is 14.0. The van der Waals surface area contributed by atoms with E-state index in [1.807, 2.05) is 24.3 Å². The Morgan fingerprint density at radius 2 is 1.83 bits per heavy atom. The zero-order valence-electron chi connectivity index (χ0n) is 13.2. The zero-order chi connectivity index (χ0) is 16.4. The Labute approximate surface area is 141 Å². The Morgan fingerprint density at radius 1 is 1.17 bits per heavy atom. The van der Waals surface area contributed by atoms with Gasteiger partial charge >= 0.3 is 0 Å². The number of nitrogens with two attached hydrogens (primary N) is 1. The van der Waals surface area contributed by atoms with Gasteiger partial charge in [-0.15, -0.1) is 0 Å². The standard InChI is InChI=1S/C18H19N3OS/c1-12-3-5-13(6-4-12)16-11-17(21(20-16)18(19)23)14-7-9-15(22-2)10-8-14/h3-10,17H,11H2,1-2H3,(H2,19,23)/t17-/m0/s1. The van der Waals surface area contributed by atoms with Crippen LogP contribution < -0.4 is 10.5 Å². The molecular formula is C18H19N3OS. The second kappa shape index (κ2) is 6.38. The highest BCUT2D eigenvalue weighted by Crippen LogP contribution is 2.33. The van der Waals surface area contributed by atoms with Crippen molar-refractivity contribution in [3.63, 3.8) is 0 Å². The molecule has 2 aromatic carbocycles. The van der Waals surface area contributed by atoms with E-state index < -0.39 is 0 Å². The van der Waals surface area contributed by atoms with E-state index in [-0.39, 0.29) is 11.2 Å². The summed E-state index contributed by atoms with van der Waals surface area (Å²) in [7, 11) is 1.66.